The van der Waals surface area contributed by atoms with Gasteiger partial charge in [0.25, 0.3) is 0 Å². The largest absolute Gasteiger partial charge is 0.496 e. The van der Waals surface area contributed by atoms with Crippen LogP contribution in [-0.2, 0) is 6.42 Å². The molecule has 0 saturated carbocycles. The average molecular weight is 505 g/mol. The predicted octanol–water partition coefficient (Wildman–Crippen LogP) is 5.94. The van der Waals surface area contributed by atoms with Crippen LogP contribution in [0.3, 0.4) is 0 Å². The molecule has 23 heavy (non-hydrogen) atoms. The van der Waals surface area contributed by atoms with Crippen LogP contribution >= 0.6 is 47.8 Å². The SMILES string of the molecule is CCc1c(Br)c(N)c(Br)c2nc(-c3ccc(OC)c(Br)c3)oc12. The molecule has 0 amide bonds. The van der Waals surface area contributed by atoms with Crippen LogP contribution in [0.5, 0.6) is 5.75 Å². The molecule has 3 rings (SSSR count). The van der Waals surface area contributed by atoms with E-state index < -0.39 is 0 Å². The molecule has 0 fully saturated rings. The lowest BCUT2D eigenvalue weighted by Crippen LogP contribution is -1.94. The zero-order valence-electron chi connectivity index (χ0n) is 12.4. The van der Waals surface area contributed by atoms with Crippen LogP contribution in [0.2, 0.25) is 0 Å². The summed E-state index contributed by atoms with van der Waals surface area (Å²) >= 11 is 10.5. The van der Waals surface area contributed by atoms with E-state index in [2.05, 4.69) is 59.7 Å². The van der Waals surface area contributed by atoms with Gasteiger partial charge in [0.05, 0.1) is 21.7 Å². The number of ether oxygens (including phenoxy) is 1. The molecule has 0 aliphatic heterocycles. The molecule has 0 atom stereocenters. The van der Waals surface area contributed by atoms with E-state index >= 15 is 0 Å². The first-order valence-electron chi connectivity index (χ1n) is 6.87. The number of nitrogen functional groups attached to an aromatic ring is 1. The zero-order valence-corrected chi connectivity index (χ0v) is 17.2. The smallest absolute Gasteiger partial charge is 0.227 e. The number of aromatic nitrogens is 1. The molecule has 0 saturated heterocycles. The molecular weight excluding hydrogens is 492 g/mol. The van der Waals surface area contributed by atoms with Crippen molar-refractivity contribution in [2.75, 3.05) is 12.8 Å². The Balaban J connectivity index is 2.25. The second-order valence-corrected chi connectivity index (χ2v) is 7.36. The molecule has 0 radical (unpaired) electrons. The Morgan fingerprint density at radius 1 is 1.22 bits per heavy atom. The minimum absolute atomic E-state index is 0.538. The van der Waals surface area contributed by atoms with Crippen molar-refractivity contribution in [2.24, 2.45) is 0 Å². The molecule has 7 heteroatoms. The quantitative estimate of drug-likeness (QED) is 0.449. The number of aryl methyl sites for hydroxylation is 1. The summed E-state index contributed by atoms with van der Waals surface area (Å²) in [6.45, 7) is 2.05. The molecule has 0 bridgehead atoms. The number of benzene rings is 2. The van der Waals surface area contributed by atoms with E-state index in [1.54, 1.807) is 7.11 Å². The van der Waals surface area contributed by atoms with E-state index in [0.29, 0.717) is 11.6 Å². The van der Waals surface area contributed by atoms with Crippen LogP contribution in [0, 0.1) is 0 Å². The van der Waals surface area contributed by atoms with Gasteiger partial charge in [0.1, 0.15) is 11.3 Å². The number of oxazole rings is 1. The van der Waals surface area contributed by atoms with Gasteiger partial charge in [-0.2, -0.15) is 0 Å². The minimum atomic E-state index is 0.538. The van der Waals surface area contributed by atoms with Gasteiger partial charge in [-0.15, -0.1) is 0 Å². The first-order valence-corrected chi connectivity index (χ1v) is 9.25. The van der Waals surface area contributed by atoms with Crippen LogP contribution in [-0.4, -0.2) is 12.1 Å². The van der Waals surface area contributed by atoms with Gasteiger partial charge in [-0.25, -0.2) is 4.98 Å². The number of rotatable bonds is 3. The fourth-order valence-corrected chi connectivity index (χ4v) is 4.33. The van der Waals surface area contributed by atoms with E-state index in [1.165, 1.54) is 0 Å². The van der Waals surface area contributed by atoms with Crippen LogP contribution in [0.25, 0.3) is 22.6 Å². The van der Waals surface area contributed by atoms with Gasteiger partial charge in [0.15, 0.2) is 5.58 Å². The molecule has 2 N–H and O–H groups in total. The second kappa shape index (κ2) is 6.45. The monoisotopic (exact) mass is 502 g/mol. The summed E-state index contributed by atoms with van der Waals surface area (Å²) < 4.78 is 13.7. The molecular formula is C16H13Br3N2O2. The number of halogens is 3. The molecule has 0 unspecified atom stereocenters. The third-order valence-electron chi connectivity index (χ3n) is 3.60. The van der Waals surface area contributed by atoms with Crippen molar-refractivity contribution >= 4 is 64.6 Å². The lowest BCUT2D eigenvalue weighted by Gasteiger charge is -2.07. The third-order valence-corrected chi connectivity index (χ3v) is 5.93. The van der Waals surface area contributed by atoms with Crippen molar-refractivity contribution in [3.63, 3.8) is 0 Å². The predicted molar refractivity (Wildman–Crippen MR) is 103 cm³/mol. The Morgan fingerprint density at radius 3 is 2.57 bits per heavy atom. The Morgan fingerprint density at radius 2 is 1.96 bits per heavy atom. The molecule has 0 aliphatic rings. The summed E-state index contributed by atoms with van der Waals surface area (Å²) in [6, 6.07) is 5.70. The Bertz CT molecular complexity index is 906. The van der Waals surface area contributed by atoms with E-state index in [9.17, 15) is 0 Å². The standard InChI is InChI=1S/C16H13Br3N2O2/c1-3-8-11(18)13(20)12(19)14-15(8)23-16(21-14)7-4-5-10(22-2)9(17)6-7/h4-6H,3,20H2,1-2H3. The lowest BCUT2D eigenvalue weighted by molar-refractivity contribution is 0.412. The van der Waals surface area contributed by atoms with Crippen LogP contribution < -0.4 is 10.5 Å². The summed E-state index contributed by atoms with van der Waals surface area (Å²) in [5, 5.41) is 0. The van der Waals surface area contributed by atoms with E-state index in [4.69, 9.17) is 14.9 Å². The molecule has 120 valence electrons. The summed E-state index contributed by atoms with van der Waals surface area (Å²) in [5.41, 5.74) is 10.1. The van der Waals surface area contributed by atoms with Crippen molar-refractivity contribution in [3.05, 3.63) is 37.2 Å². The lowest BCUT2D eigenvalue weighted by atomic mass is 10.1. The van der Waals surface area contributed by atoms with Gasteiger partial charge in [-0.3, -0.25) is 0 Å². The highest BCUT2D eigenvalue weighted by atomic mass is 79.9. The fraction of sp³-hybridized carbons (Fsp3) is 0.188. The molecule has 1 heterocycles. The van der Waals surface area contributed by atoms with E-state index in [-0.39, 0.29) is 0 Å². The number of methoxy groups -OCH3 is 1. The highest BCUT2D eigenvalue weighted by Gasteiger charge is 2.20. The second-order valence-electron chi connectivity index (χ2n) is 4.92. The Kier molecular flexibility index (Phi) is 4.71. The average Bonchev–Trinajstić information content (AvgIpc) is 2.98. The molecule has 0 spiro atoms. The molecule has 3 aromatic rings. The molecule has 2 aromatic carbocycles. The zero-order chi connectivity index (χ0) is 16.7. The first-order chi connectivity index (χ1) is 11.0. The number of hydrogen-bond donors (Lipinski definition) is 1. The third kappa shape index (κ3) is 2.79. The van der Waals surface area contributed by atoms with Crippen molar-refractivity contribution in [2.45, 2.75) is 13.3 Å². The minimum Gasteiger partial charge on any atom is -0.496 e. The summed E-state index contributed by atoms with van der Waals surface area (Å²) in [4.78, 5) is 4.61. The maximum absolute atomic E-state index is 6.13. The topological polar surface area (TPSA) is 61.3 Å². The fourth-order valence-electron chi connectivity index (χ4n) is 2.40. The van der Waals surface area contributed by atoms with Gasteiger partial charge >= 0.3 is 0 Å². The highest BCUT2D eigenvalue weighted by Crippen LogP contribution is 2.41. The van der Waals surface area contributed by atoms with Gasteiger partial charge in [-0.1, -0.05) is 6.92 Å². The van der Waals surface area contributed by atoms with Gasteiger partial charge < -0.3 is 14.9 Å². The highest BCUT2D eigenvalue weighted by molar-refractivity contribution is 9.11. The maximum Gasteiger partial charge on any atom is 0.227 e. The van der Waals surface area contributed by atoms with E-state index in [0.717, 1.165) is 47.8 Å². The molecule has 0 aliphatic carbocycles. The van der Waals surface area contributed by atoms with Crippen molar-refractivity contribution in [1.82, 2.24) is 4.98 Å². The van der Waals surface area contributed by atoms with Crippen LogP contribution in [0.15, 0.2) is 36.0 Å². The van der Waals surface area contributed by atoms with Crippen LogP contribution in [0.4, 0.5) is 5.69 Å². The van der Waals surface area contributed by atoms with E-state index in [1.807, 2.05) is 18.2 Å². The summed E-state index contributed by atoms with van der Waals surface area (Å²) in [7, 11) is 1.63. The van der Waals surface area contributed by atoms with Gasteiger partial charge in [-0.05, 0) is 72.4 Å². The molecule has 4 nitrogen and oxygen atoms in total. The molecule has 1 aromatic heterocycles. The summed E-state index contributed by atoms with van der Waals surface area (Å²) in [6.07, 6.45) is 0.787. The summed E-state index contributed by atoms with van der Waals surface area (Å²) in [5.74, 6) is 1.29. The Labute approximate surface area is 158 Å². The van der Waals surface area contributed by atoms with Gasteiger partial charge in [0.2, 0.25) is 5.89 Å². The number of nitrogens with zero attached hydrogens (tertiary/aromatic N) is 1. The number of hydrogen-bond acceptors (Lipinski definition) is 4. The number of nitrogens with two attached hydrogens (primary N) is 1. The number of anilines is 1. The normalized spacial score (nSPS) is 11.2. The van der Waals surface area contributed by atoms with Gasteiger partial charge in [0, 0.05) is 15.6 Å². The first kappa shape index (κ1) is 16.8. The van der Waals surface area contributed by atoms with Crippen LogP contribution in [0.1, 0.15) is 12.5 Å². The Hall–Kier alpha value is -1.05. The van der Waals surface area contributed by atoms with Crippen molar-refractivity contribution < 1.29 is 9.15 Å². The number of fused-ring (bicyclic) bond motifs is 1. The van der Waals surface area contributed by atoms with Crippen molar-refractivity contribution in [3.8, 4) is 17.2 Å². The maximum atomic E-state index is 6.13. The van der Waals surface area contributed by atoms with Crippen molar-refractivity contribution in [1.29, 1.82) is 0 Å².